The second kappa shape index (κ2) is 8.87. The molecule has 3 heterocycles. The fourth-order valence-electron chi connectivity index (χ4n) is 2.73. The normalized spacial score (nSPS) is 11.4. The summed E-state index contributed by atoms with van der Waals surface area (Å²) in [4.78, 5) is 21.4. The molecule has 0 radical (unpaired) electrons. The van der Waals surface area contributed by atoms with Crippen LogP contribution in [-0.4, -0.2) is 37.6 Å². The molecule has 0 unspecified atom stereocenters. The van der Waals surface area contributed by atoms with Crippen molar-refractivity contribution in [2.45, 2.75) is 6.42 Å². The number of thiazole rings is 2. The molecule has 0 aliphatic heterocycles. The second-order valence-corrected chi connectivity index (χ2v) is 11.2. The third-order valence-corrected chi connectivity index (χ3v) is 8.02. The number of hydrogen-bond donors (Lipinski definition) is 1. The molecule has 0 spiro atoms. The van der Waals surface area contributed by atoms with Crippen LogP contribution in [0.5, 0.6) is 0 Å². The maximum atomic E-state index is 12.4. The zero-order valence-corrected chi connectivity index (χ0v) is 19.9. The van der Waals surface area contributed by atoms with E-state index in [-0.39, 0.29) is 12.3 Å². The molecule has 0 bridgehead atoms. The molecule has 11 heteroatoms. The van der Waals surface area contributed by atoms with E-state index in [0.717, 1.165) is 28.1 Å². The minimum absolute atomic E-state index is 0.173. The van der Waals surface area contributed by atoms with E-state index >= 15 is 0 Å². The number of amides is 1. The summed E-state index contributed by atoms with van der Waals surface area (Å²) in [7, 11) is -1.81. The first-order valence-corrected chi connectivity index (χ1v) is 13.6. The molecule has 4 rings (SSSR count). The SMILES string of the molecule is CN(c1ccc(-c2csc(NC(=O)Cc3csc(-c4ccsc4)n3)n2)cc1)S(C)(=O)=O. The first-order valence-electron chi connectivity index (χ1n) is 9.06. The maximum Gasteiger partial charge on any atom is 0.232 e. The van der Waals surface area contributed by atoms with E-state index in [1.54, 1.807) is 35.6 Å². The largest absolute Gasteiger partial charge is 0.302 e. The number of nitrogens with one attached hydrogen (secondary N) is 1. The Morgan fingerprint density at radius 2 is 1.81 bits per heavy atom. The van der Waals surface area contributed by atoms with Crippen LogP contribution in [0.3, 0.4) is 0 Å². The Balaban J connectivity index is 1.39. The fourth-order valence-corrected chi connectivity index (χ4v) is 5.50. The van der Waals surface area contributed by atoms with Crippen LogP contribution in [0.15, 0.2) is 51.9 Å². The number of hydrogen-bond acceptors (Lipinski definition) is 8. The van der Waals surface area contributed by atoms with E-state index in [2.05, 4.69) is 15.3 Å². The summed E-state index contributed by atoms with van der Waals surface area (Å²) in [6.45, 7) is 0. The lowest BCUT2D eigenvalue weighted by Gasteiger charge is -2.16. The van der Waals surface area contributed by atoms with Gasteiger partial charge in [-0.25, -0.2) is 18.4 Å². The maximum absolute atomic E-state index is 12.4. The van der Waals surface area contributed by atoms with Gasteiger partial charge in [-0.15, -0.1) is 22.7 Å². The van der Waals surface area contributed by atoms with E-state index in [1.807, 2.05) is 27.6 Å². The average molecular weight is 491 g/mol. The van der Waals surface area contributed by atoms with Crippen molar-refractivity contribution < 1.29 is 13.2 Å². The lowest BCUT2D eigenvalue weighted by Crippen LogP contribution is -2.24. The number of carbonyl (C=O) groups is 1. The van der Waals surface area contributed by atoms with Crippen molar-refractivity contribution in [1.29, 1.82) is 0 Å². The third kappa shape index (κ3) is 5.18. The lowest BCUT2D eigenvalue weighted by molar-refractivity contribution is -0.115. The summed E-state index contributed by atoms with van der Waals surface area (Å²) in [5.74, 6) is -0.173. The molecule has 0 fully saturated rings. The monoisotopic (exact) mass is 490 g/mol. The van der Waals surface area contributed by atoms with E-state index in [0.29, 0.717) is 16.5 Å². The van der Waals surface area contributed by atoms with Gasteiger partial charge in [0.1, 0.15) is 5.01 Å². The number of aromatic nitrogens is 2. The van der Waals surface area contributed by atoms with Crippen LogP contribution < -0.4 is 9.62 Å². The van der Waals surface area contributed by atoms with Crippen molar-refractivity contribution in [2.75, 3.05) is 22.9 Å². The third-order valence-electron chi connectivity index (χ3n) is 4.44. The average Bonchev–Trinajstić information content (AvgIpc) is 3.48. The molecular weight excluding hydrogens is 473 g/mol. The molecule has 0 saturated heterocycles. The predicted octanol–water partition coefficient (Wildman–Crippen LogP) is 4.57. The number of nitrogens with zero attached hydrogens (tertiary/aromatic N) is 3. The zero-order valence-electron chi connectivity index (χ0n) is 16.6. The molecule has 1 N–H and O–H groups in total. The van der Waals surface area contributed by atoms with Crippen LogP contribution >= 0.6 is 34.0 Å². The van der Waals surface area contributed by atoms with Gasteiger partial charge in [-0.05, 0) is 23.6 Å². The molecule has 31 heavy (non-hydrogen) atoms. The van der Waals surface area contributed by atoms with Crippen molar-refractivity contribution in [2.24, 2.45) is 0 Å². The minimum Gasteiger partial charge on any atom is -0.302 e. The summed E-state index contributed by atoms with van der Waals surface area (Å²) in [6.07, 6.45) is 1.34. The number of carbonyl (C=O) groups excluding carboxylic acids is 1. The molecular formula is C20H18N4O3S4. The van der Waals surface area contributed by atoms with Gasteiger partial charge in [-0.2, -0.15) is 11.3 Å². The molecule has 0 aliphatic carbocycles. The zero-order chi connectivity index (χ0) is 22.0. The van der Waals surface area contributed by atoms with Gasteiger partial charge in [0.05, 0.1) is 29.8 Å². The van der Waals surface area contributed by atoms with Crippen LogP contribution in [0.4, 0.5) is 10.8 Å². The number of anilines is 2. The molecule has 0 saturated carbocycles. The van der Waals surface area contributed by atoms with Crippen LogP contribution in [-0.2, 0) is 21.2 Å². The van der Waals surface area contributed by atoms with E-state index in [4.69, 9.17) is 0 Å². The summed E-state index contributed by atoms with van der Waals surface area (Å²) in [6, 6.07) is 9.07. The quantitative estimate of drug-likeness (QED) is 0.410. The summed E-state index contributed by atoms with van der Waals surface area (Å²) in [5.41, 5.74) is 3.91. The van der Waals surface area contributed by atoms with Gasteiger partial charge < -0.3 is 5.32 Å². The molecule has 0 aliphatic rings. The molecule has 3 aromatic heterocycles. The second-order valence-electron chi connectivity index (χ2n) is 6.70. The summed E-state index contributed by atoms with van der Waals surface area (Å²) < 4.78 is 24.5. The van der Waals surface area contributed by atoms with Gasteiger partial charge >= 0.3 is 0 Å². The first kappa shape index (κ1) is 21.6. The Kier molecular flexibility index (Phi) is 6.19. The molecule has 7 nitrogen and oxygen atoms in total. The van der Waals surface area contributed by atoms with Gasteiger partial charge in [0.2, 0.25) is 15.9 Å². The molecule has 1 amide bonds. The highest BCUT2D eigenvalue weighted by Crippen LogP contribution is 2.28. The molecule has 1 aromatic carbocycles. The van der Waals surface area contributed by atoms with Crippen molar-refractivity contribution in [3.63, 3.8) is 0 Å². The van der Waals surface area contributed by atoms with E-state index < -0.39 is 10.0 Å². The van der Waals surface area contributed by atoms with Crippen molar-refractivity contribution >= 4 is 60.8 Å². The summed E-state index contributed by atoms with van der Waals surface area (Å²) >= 11 is 4.47. The van der Waals surface area contributed by atoms with Crippen LogP contribution in [0, 0.1) is 0 Å². The van der Waals surface area contributed by atoms with Crippen molar-refractivity contribution in [3.05, 3.63) is 57.5 Å². The van der Waals surface area contributed by atoms with Gasteiger partial charge in [-0.3, -0.25) is 9.10 Å². The molecule has 160 valence electrons. The molecule has 4 aromatic rings. The fraction of sp³-hybridized carbons (Fsp3) is 0.150. The van der Waals surface area contributed by atoms with Crippen LogP contribution in [0.2, 0.25) is 0 Å². The highest BCUT2D eigenvalue weighted by Gasteiger charge is 2.14. The smallest absolute Gasteiger partial charge is 0.232 e. The van der Waals surface area contributed by atoms with Crippen molar-refractivity contribution in [3.8, 4) is 21.8 Å². The number of rotatable bonds is 7. The van der Waals surface area contributed by atoms with Gasteiger partial charge in [0.15, 0.2) is 5.13 Å². The Morgan fingerprint density at radius 1 is 1.03 bits per heavy atom. The Morgan fingerprint density at radius 3 is 2.48 bits per heavy atom. The number of sulfonamides is 1. The van der Waals surface area contributed by atoms with E-state index in [1.165, 1.54) is 34.0 Å². The predicted molar refractivity (Wildman–Crippen MR) is 129 cm³/mol. The van der Waals surface area contributed by atoms with Gasteiger partial charge in [0.25, 0.3) is 0 Å². The number of thiophene rings is 1. The lowest BCUT2D eigenvalue weighted by atomic mass is 10.1. The van der Waals surface area contributed by atoms with Crippen molar-refractivity contribution in [1.82, 2.24) is 9.97 Å². The highest BCUT2D eigenvalue weighted by atomic mass is 32.2. The Bertz CT molecular complexity index is 1290. The topological polar surface area (TPSA) is 92.3 Å². The standard InChI is InChI=1S/C20H18N4O3S4/c1-24(31(2,26)27)16-5-3-13(4-6-16)17-12-30-20(22-17)23-18(25)9-15-11-29-19(21-15)14-7-8-28-10-14/h3-8,10-12H,9H2,1-2H3,(H,22,23,25). The summed E-state index contributed by atoms with van der Waals surface area (Å²) in [5, 5.41) is 12.0. The van der Waals surface area contributed by atoms with Crippen LogP contribution in [0.1, 0.15) is 5.69 Å². The first-order chi connectivity index (χ1) is 14.8. The highest BCUT2D eigenvalue weighted by molar-refractivity contribution is 7.92. The number of benzene rings is 1. The van der Waals surface area contributed by atoms with E-state index in [9.17, 15) is 13.2 Å². The van der Waals surface area contributed by atoms with Gasteiger partial charge in [-0.1, -0.05) is 12.1 Å². The Hall–Kier alpha value is -2.60. The Labute approximate surface area is 192 Å². The minimum atomic E-state index is -3.31. The molecule has 0 atom stereocenters. The van der Waals surface area contributed by atoms with Gasteiger partial charge in [0, 0.05) is 34.3 Å². The van der Waals surface area contributed by atoms with Crippen LogP contribution in [0.25, 0.3) is 21.8 Å².